The predicted molar refractivity (Wildman–Crippen MR) is 197 cm³/mol. The van der Waals surface area contributed by atoms with Crippen molar-refractivity contribution < 1.29 is 38.8 Å². The standard InChI is InChI=1S/C40H65N3O8/c1-28(27-49-39(47)43-31(4)17-18-32(43)5)12-11-13-29(2)37-30(3)16-19-35(40(6,48)21-20-34(44)26-36(45)51-37)50-38(46)42-24-22-41(23-25-42)33-14-9-7-8-10-15-33/h11-13,16,19,28,30-35,37,44,48H,7-10,14-15,17-18,20-27H2,1-6H3/b12-11+,19-16+,29-13+/t28-,30+,31+,32+,34+,35+,37-,40+/m1/s1. The summed E-state index contributed by atoms with van der Waals surface area (Å²) in [5.74, 6) is -0.894. The minimum absolute atomic E-state index is 0.0324. The van der Waals surface area contributed by atoms with Crippen molar-refractivity contribution in [3.63, 3.8) is 0 Å². The van der Waals surface area contributed by atoms with Crippen LogP contribution in [0.1, 0.15) is 112 Å². The fourth-order valence-corrected chi connectivity index (χ4v) is 7.91. The van der Waals surface area contributed by atoms with Crippen LogP contribution >= 0.6 is 0 Å². The number of likely N-dealkylation sites (tertiary alicyclic amines) is 1. The molecule has 8 atom stereocenters. The topological polar surface area (TPSA) is 129 Å². The third kappa shape index (κ3) is 12.1. The number of piperazine rings is 1. The highest BCUT2D eigenvalue weighted by Gasteiger charge is 2.37. The lowest BCUT2D eigenvalue weighted by atomic mass is 9.89. The molecule has 51 heavy (non-hydrogen) atoms. The van der Waals surface area contributed by atoms with Crippen molar-refractivity contribution in [1.82, 2.24) is 14.7 Å². The van der Waals surface area contributed by atoms with Gasteiger partial charge in [-0.2, -0.15) is 0 Å². The molecule has 3 fully saturated rings. The van der Waals surface area contributed by atoms with E-state index in [1.165, 1.54) is 38.5 Å². The number of ether oxygens (including phenoxy) is 3. The van der Waals surface area contributed by atoms with Gasteiger partial charge in [0.05, 0.1) is 19.1 Å². The molecule has 3 heterocycles. The highest BCUT2D eigenvalue weighted by molar-refractivity contribution is 5.70. The molecule has 4 aliphatic rings. The molecule has 11 nitrogen and oxygen atoms in total. The van der Waals surface area contributed by atoms with Gasteiger partial charge in [0, 0.05) is 56.1 Å². The molecule has 0 radical (unpaired) electrons. The molecule has 288 valence electrons. The lowest BCUT2D eigenvalue weighted by Gasteiger charge is -2.40. The molecule has 0 aromatic heterocycles. The van der Waals surface area contributed by atoms with Gasteiger partial charge in [-0.3, -0.25) is 9.69 Å². The van der Waals surface area contributed by atoms with Gasteiger partial charge >= 0.3 is 18.2 Å². The van der Waals surface area contributed by atoms with Gasteiger partial charge in [0.1, 0.15) is 11.7 Å². The van der Waals surface area contributed by atoms with Crippen molar-refractivity contribution in [3.05, 3.63) is 36.0 Å². The second-order valence-electron chi connectivity index (χ2n) is 15.9. The van der Waals surface area contributed by atoms with Crippen LogP contribution in [0.5, 0.6) is 0 Å². The third-order valence-corrected chi connectivity index (χ3v) is 11.3. The van der Waals surface area contributed by atoms with E-state index in [0.29, 0.717) is 19.1 Å². The van der Waals surface area contributed by atoms with Gasteiger partial charge in [-0.05, 0) is 77.9 Å². The molecule has 3 aliphatic heterocycles. The van der Waals surface area contributed by atoms with Crippen LogP contribution in [0.4, 0.5) is 9.59 Å². The van der Waals surface area contributed by atoms with Crippen LogP contribution < -0.4 is 0 Å². The average Bonchev–Trinajstić information content (AvgIpc) is 3.25. The Kier molecular flexibility index (Phi) is 15.4. The summed E-state index contributed by atoms with van der Waals surface area (Å²) >= 11 is 0. The summed E-state index contributed by atoms with van der Waals surface area (Å²) in [4.78, 5) is 45.0. The second-order valence-corrected chi connectivity index (χ2v) is 15.9. The van der Waals surface area contributed by atoms with Crippen LogP contribution in [0.15, 0.2) is 36.0 Å². The Morgan fingerprint density at radius 1 is 0.980 bits per heavy atom. The highest BCUT2D eigenvalue weighted by Crippen LogP contribution is 2.29. The number of allylic oxidation sites excluding steroid dienone is 2. The first-order valence-electron chi connectivity index (χ1n) is 19.5. The summed E-state index contributed by atoms with van der Waals surface area (Å²) in [6, 6.07) is 0.948. The molecule has 0 unspecified atom stereocenters. The number of nitrogens with zero attached hydrogens (tertiary/aromatic N) is 3. The quantitative estimate of drug-likeness (QED) is 0.101. The fraction of sp³-hybridized carbons (Fsp3) is 0.775. The van der Waals surface area contributed by atoms with Gasteiger partial charge in [0.25, 0.3) is 0 Å². The van der Waals surface area contributed by atoms with Crippen LogP contribution in [0.25, 0.3) is 0 Å². The summed E-state index contributed by atoms with van der Waals surface area (Å²) < 4.78 is 17.5. The first-order chi connectivity index (χ1) is 24.2. The van der Waals surface area contributed by atoms with Crippen molar-refractivity contribution in [3.8, 4) is 0 Å². The van der Waals surface area contributed by atoms with E-state index in [0.717, 1.165) is 31.5 Å². The van der Waals surface area contributed by atoms with E-state index < -0.39 is 36.0 Å². The van der Waals surface area contributed by atoms with Gasteiger partial charge in [0.2, 0.25) is 0 Å². The van der Waals surface area contributed by atoms with Crippen molar-refractivity contribution in [2.45, 2.75) is 154 Å². The minimum atomic E-state index is -1.47. The smallest absolute Gasteiger partial charge is 0.410 e. The van der Waals surface area contributed by atoms with Crippen LogP contribution in [0.2, 0.25) is 0 Å². The number of carbonyl (C=O) groups excluding carboxylic acids is 3. The normalized spacial score (nSPS) is 33.9. The summed E-state index contributed by atoms with van der Waals surface area (Å²) in [5.41, 5.74) is -0.690. The zero-order chi connectivity index (χ0) is 37.1. The first-order valence-corrected chi connectivity index (χ1v) is 19.5. The molecule has 2 amide bonds. The molecule has 0 aromatic carbocycles. The van der Waals surface area contributed by atoms with Gasteiger partial charge in [-0.1, -0.05) is 63.8 Å². The van der Waals surface area contributed by atoms with E-state index in [1.807, 2.05) is 63.8 Å². The molecule has 0 spiro atoms. The van der Waals surface area contributed by atoms with Crippen LogP contribution in [0.3, 0.4) is 0 Å². The number of hydrogen-bond acceptors (Lipinski definition) is 9. The highest BCUT2D eigenvalue weighted by atomic mass is 16.6. The summed E-state index contributed by atoms with van der Waals surface area (Å²) in [5, 5.41) is 22.2. The van der Waals surface area contributed by atoms with Crippen molar-refractivity contribution >= 4 is 18.2 Å². The number of aliphatic hydroxyl groups excluding tert-OH is 1. The Morgan fingerprint density at radius 3 is 2.27 bits per heavy atom. The lowest BCUT2D eigenvalue weighted by Crippen LogP contribution is -2.53. The molecule has 2 N–H and O–H groups in total. The maximum atomic E-state index is 13.5. The number of aliphatic hydroxyl groups is 2. The van der Waals surface area contributed by atoms with E-state index in [1.54, 1.807) is 17.9 Å². The van der Waals surface area contributed by atoms with Crippen molar-refractivity contribution in [2.24, 2.45) is 11.8 Å². The predicted octanol–water partition coefficient (Wildman–Crippen LogP) is 6.38. The van der Waals surface area contributed by atoms with Crippen molar-refractivity contribution in [1.29, 1.82) is 0 Å². The number of hydrogen-bond donors (Lipinski definition) is 2. The van der Waals surface area contributed by atoms with Crippen LogP contribution in [-0.4, -0.2) is 118 Å². The zero-order valence-electron chi connectivity index (χ0n) is 32.0. The largest absolute Gasteiger partial charge is 0.457 e. The number of rotatable bonds is 7. The van der Waals surface area contributed by atoms with Crippen LogP contribution in [-0.2, 0) is 19.0 Å². The number of esters is 1. The first kappa shape index (κ1) is 40.9. The monoisotopic (exact) mass is 715 g/mol. The van der Waals surface area contributed by atoms with E-state index in [-0.39, 0.29) is 55.9 Å². The van der Waals surface area contributed by atoms with E-state index >= 15 is 0 Å². The van der Waals surface area contributed by atoms with E-state index in [4.69, 9.17) is 14.2 Å². The number of amides is 2. The SMILES string of the molecule is C/C(=C\C=C\[C@@H](C)COC(=O)N1[C@@H](C)CC[C@@H]1C)[C@H]1OC(=O)C[C@@H](O)CC[C@](C)(O)[C@@H](OC(=O)N2CCN(C3CCCCCC3)CC2)/C=C/[C@@H]1C. The number of carbonyl (C=O) groups is 3. The van der Waals surface area contributed by atoms with Crippen LogP contribution in [0, 0.1) is 11.8 Å². The molecule has 1 aliphatic carbocycles. The zero-order valence-corrected chi connectivity index (χ0v) is 32.0. The van der Waals surface area contributed by atoms with E-state index in [2.05, 4.69) is 4.90 Å². The maximum absolute atomic E-state index is 13.5. The minimum Gasteiger partial charge on any atom is -0.457 e. The average molecular weight is 716 g/mol. The van der Waals surface area contributed by atoms with Gasteiger partial charge < -0.3 is 34.2 Å². The third-order valence-electron chi connectivity index (χ3n) is 11.3. The number of cyclic esters (lactones) is 1. The summed E-state index contributed by atoms with van der Waals surface area (Å²) in [6.45, 7) is 14.5. The molecule has 1 saturated carbocycles. The summed E-state index contributed by atoms with van der Waals surface area (Å²) in [6.07, 6.45) is 15.4. The Hall–Kier alpha value is -2.89. The second kappa shape index (κ2) is 19.3. The molecular formula is C40H65N3O8. The Morgan fingerprint density at radius 2 is 1.63 bits per heavy atom. The Balaban J connectivity index is 1.39. The molecular weight excluding hydrogens is 650 g/mol. The molecule has 0 aromatic rings. The summed E-state index contributed by atoms with van der Waals surface area (Å²) in [7, 11) is 0. The Labute approximate surface area is 306 Å². The van der Waals surface area contributed by atoms with Gasteiger partial charge in [0.15, 0.2) is 6.10 Å². The van der Waals surface area contributed by atoms with E-state index in [9.17, 15) is 24.6 Å². The maximum Gasteiger partial charge on any atom is 0.410 e. The molecule has 2 saturated heterocycles. The van der Waals surface area contributed by atoms with Crippen molar-refractivity contribution in [2.75, 3.05) is 32.8 Å². The Bertz CT molecular complexity index is 1220. The molecule has 0 bridgehead atoms. The molecule has 4 rings (SSSR count). The molecule has 11 heteroatoms. The fourth-order valence-electron chi connectivity index (χ4n) is 7.91. The van der Waals surface area contributed by atoms with Gasteiger partial charge in [-0.25, -0.2) is 9.59 Å². The lowest BCUT2D eigenvalue weighted by molar-refractivity contribution is -0.151. The van der Waals surface area contributed by atoms with Gasteiger partial charge in [-0.15, -0.1) is 0 Å².